The molecule has 2 rings (SSSR count). The molecule has 0 radical (unpaired) electrons. The van der Waals surface area contributed by atoms with Crippen LogP contribution in [0.3, 0.4) is 0 Å². The maximum absolute atomic E-state index is 12.3. The molecule has 0 saturated heterocycles. The Morgan fingerprint density at radius 3 is 2.62 bits per heavy atom. The summed E-state index contributed by atoms with van der Waals surface area (Å²) < 4.78 is 0. The summed E-state index contributed by atoms with van der Waals surface area (Å²) in [6, 6.07) is 9.20. The van der Waals surface area contributed by atoms with Gasteiger partial charge in [0.15, 0.2) is 0 Å². The normalized spacial score (nSPS) is 21.0. The molecule has 4 nitrogen and oxygen atoms in total. The molecule has 0 saturated carbocycles. The second-order valence-electron chi connectivity index (χ2n) is 6.11. The smallest absolute Gasteiger partial charge is 0.251 e. The summed E-state index contributed by atoms with van der Waals surface area (Å²) >= 11 is 0. The second-order valence-corrected chi connectivity index (χ2v) is 6.11. The van der Waals surface area contributed by atoms with Gasteiger partial charge in [0.1, 0.15) is 0 Å². The predicted molar refractivity (Wildman–Crippen MR) is 83.7 cm³/mol. The van der Waals surface area contributed by atoms with Crippen molar-refractivity contribution < 1.29 is 10.0 Å². The van der Waals surface area contributed by atoms with E-state index < -0.39 is 0 Å². The van der Waals surface area contributed by atoms with Crippen molar-refractivity contribution in [3.63, 3.8) is 0 Å². The number of hydrogen-bond donors (Lipinski definition) is 2. The van der Waals surface area contributed by atoms with Gasteiger partial charge in [-0.25, -0.2) is 0 Å². The van der Waals surface area contributed by atoms with E-state index in [1.165, 1.54) is 0 Å². The lowest BCUT2D eigenvalue weighted by molar-refractivity contribution is 0.0881. The Kier molecular flexibility index (Phi) is 4.46. The highest BCUT2D eigenvalue weighted by molar-refractivity contribution is 6.00. The Balaban J connectivity index is 2.10. The summed E-state index contributed by atoms with van der Waals surface area (Å²) in [6.45, 7) is 5.98. The Bertz CT molecular complexity index is 574. The maximum Gasteiger partial charge on any atom is 0.251 e. The van der Waals surface area contributed by atoms with Gasteiger partial charge in [0.2, 0.25) is 0 Å². The van der Waals surface area contributed by atoms with Crippen molar-refractivity contribution >= 4 is 11.6 Å². The van der Waals surface area contributed by atoms with Gasteiger partial charge in [0.25, 0.3) is 5.91 Å². The van der Waals surface area contributed by atoms with Crippen LogP contribution in [0.1, 0.15) is 44.0 Å². The molecule has 1 aromatic carbocycles. The highest BCUT2D eigenvalue weighted by Gasteiger charge is 2.33. The highest BCUT2D eigenvalue weighted by atomic mass is 16.4. The Morgan fingerprint density at radius 2 is 2.00 bits per heavy atom. The zero-order valence-corrected chi connectivity index (χ0v) is 12.8. The van der Waals surface area contributed by atoms with E-state index >= 15 is 0 Å². The van der Waals surface area contributed by atoms with E-state index in [1.807, 2.05) is 39.0 Å². The zero-order chi connectivity index (χ0) is 15.5. The van der Waals surface area contributed by atoms with Gasteiger partial charge < -0.3 is 10.5 Å². The molecule has 0 aliphatic heterocycles. The third-order valence-corrected chi connectivity index (χ3v) is 4.22. The fraction of sp³-hybridized carbons (Fsp3) is 0.412. The molecule has 1 atom stereocenters. The van der Waals surface area contributed by atoms with Crippen molar-refractivity contribution in [2.45, 2.75) is 39.2 Å². The topological polar surface area (TPSA) is 61.7 Å². The second kappa shape index (κ2) is 6.12. The lowest BCUT2D eigenvalue weighted by Crippen LogP contribution is -2.50. The van der Waals surface area contributed by atoms with Crippen molar-refractivity contribution in [3.8, 4) is 0 Å². The van der Waals surface area contributed by atoms with E-state index in [-0.39, 0.29) is 17.4 Å². The van der Waals surface area contributed by atoms with E-state index in [9.17, 15) is 4.79 Å². The van der Waals surface area contributed by atoms with Gasteiger partial charge in [-0.1, -0.05) is 29.4 Å². The summed E-state index contributed by atoms with van der Waals surface area (Å²) in [5.41, 5.74) is 2.00. The number of rotatable bonds is 3. The van der Waals surface area contributed by atoms with Crippen LogP contribution in [0.2, 0.25) is 0 Å². The number of amides is 1. The number of oxime groups is 1. The van der Waals surface area contributed by atoms with E-state index in [4.69, 9.17) is 5.21 Å². The Morgan fingerprint density at radius 1 is 1.33 bits per heavy atom. The van der Waals surface area contributed by atoms with Crippen molar-refractivity contribution in [1.29, 1.82) is 0 Å². The maximum atomic E-state index is 12.3. The van der Waals surface area contributed by atoms with Gasteiger partial charge in [0, 0.05) is 11.1 Å². The van der Waals surface area contributed by atoms with Crippen LogP contribution in [0.15, 0.2) is 47.1 Å². The number of allylic oxidation sites excluding steroid dienone is 2. The van der Waals surface area contributed by atoms with Gasteiger partial charge in [-0.2, -0.15) is 0 Å². The number of nitrogens with one attached hydrogen (secondary N) is 1. The molecule has 1 unspecified atom stereocenters. The molecular weight excluding hydrogens is 264 g/mol. The Hall–Kier alpha value is -2.10. The van der Waals surface area contributed by atoms with Crippen LogP contribution < -0.4 is 5.32 Å². The van der Waals surface area contributed by atoms with Crippen molar-refractivity contribution in [2.75, 3.05) is 0 Å². The minimum atomic E-state index is -0.375. The van der Waals surface area contributed by atoms with E-state index in [0.717, 1.165) is 12.0 Å². The van der Waals surface area contributed by atoms with Gasteiger partial charge in [-0.3, -0.25) is 4.79 Å². The molecule has 1 aliphatic rings. The number of nitrogens with zero attached hydrogens (tertiary/aromatic N) is 1. The largest absolute Gasteiger partial charge is 0.411 e. The summed E-state index contributed by atoms with van der Waals surface area (Å²) in [5, 5.41) is 15.5. The van der Waals surface area contributed by atoms with Crippen LogP contribution in [-0.4, -0.2) is 22.4 Å². The van der Waals surface area contributed by atoms with Gasteiger partial charge >= 0.3 is 0 Å². The minimum Gasteiger partial charge on any atom is -0.411 e. The molecule has 1 amide bonds. The van der Waals surface area contributed by atoms with Gasteiger partial charge in [-0.15, -0.1) is 0 Å². The number of hydrogen-bond acceptors (Lipinski definition) is 3. The summed E-state index contributed by atoms with van der Waals surface area (Å²) in [4.78, 5) is 12.3. The third-order valence-electron chi connectivity index (χ3n) is 4.22. The highest BCUT2D eigenvalue weighted by Crippen LogP contribution is 2.30. The molecule has 1 aromatic rings. The Labute approximate surface area is 125 Å². The number of carbonyl (C=O) groups is 1. The molecule has 0 heterocycles. The van der Waals surface area contributed by atoms with Crippen LogP contribution >= 0.6 is 0 Å². The molecule has 0 fully saturated rings. The lowest BCUT2D eigenvalue weighted by atomic mass is 9.76. The molecule has 0 spiro atoms. The van der Waals surface area contributed by atoms with E-state index in [0.29, 0.717) is 17.7 Å². The number of carbonyl (C=O) groups excluding carboxylic acids is 1. The van der Waals surface area contributed by atoms with Crippen LogP contribution in [0, 0.1) is 5.92 Å². The van der Waals surface area contributed by atoms with Crippen molar-refractivity contribution in [1.82, 2.24) is 5.32 Å². The van der Waals surface area contributed by atoms with E-state index in [2.05, 4.69) is 16.5 Å². The summed E-state index contributed by atoms with van der Waals surface area (Å²) in [5.74, 6) is 0.133. The van der Waals surface area contributed by atoms with Crippen LogP contribution in [0.5, 0.6) is 0 Å². The lowest BCUT2D eigenvalue weighted by Gasteiger charge is -2.37. The fourth-order valence-electron chi connectivity index (χ4n) is 2.64. The average Bonchev–Trinajstić information content (AvgIpc) is 2.48. The quantitative estimate of drug-likeness (QED) is 0.661. The SMILES string of the molecule is CC1=CCC(C(C)(C)NC(=O)c2ccccc2)C/C1=N/O. The first kappa shape index (κ1) is 15.3. The molecule has 2 N–H and O–H groups in total. The van der Waals surface area contributed by atoms with Crippen molar-refractivity contribution in [3.05, 3.63) is 47.5 Å². The molecule has 4 heteroatoms. The van der Waals surface area contributed by atoms with Crippen LogP contribution in [0.4, 0.5) is 0 Å². The molecule has 21 heavy (non-hydrogen) atoms. The minimum absolute atomic E-state index is 0.0747. The van der Waals surface area contributed by atoms with E-state index in [1.54, 1.807) is 12.1 Å². The molecule has 0 bridgehead atoms. The van der Waals surface area contributed by atoms with Crippen LogP contribution in [0.25, 0.3) is 0 Å². The predicted octanol–water partition coefficient (Wildman–Crippen LogP) is 3.38. The van der Waals surface area contributed by atoms with Crippen molar-refractivity contribution in [2.24, 2.45) is 11.1 Å². The van der Waals surface area contributed by atoms with Gasteiger partial charge in [0.05, 0.1) is 5.71 Å². The third kappa shape index (κ3) is 3.51. The number of benzene rings is 1. The summed E-state index contributed by atoms with van der Waals surface area (Å²) in [6.07, 6.45) is 3.60. The fourth-order valence-corrected chi connectivity index (χ4v) is 2.64. The average molecular weight is 286 g/mol. The zero-order valence-electron chi connectivity index (χ0n) is 12.8. The molecular formula is C17H22N2O2. The first-order valence-electron chi connectivity index (χ1n) is 7.19. The molecule has 112 valence electrons. The monoisotopic (exact) mass is 286 g/mol. The summed E-state index contributed by atoms with van der Waals surface area (Å²) in [7, 11) is 0. The van der Waals surface area contributed by atoms with Gasteiger partial charge in [-0.05, 0) is 57.2 Å². The van der Waals surface area contributed by atoms with Crippen LogP contribution in [-0.2, 0) is 0 Å². The first-order chi connectivity index (χ1) is 9.94. The molecule has 0 aromatic heterocycles. The standard InChI is InChI=1S/C17H22N2O2/c1-12-9-10-14(11-15(12)19-21)17(2,3)18-16(20)13-7-5-4-6-8-13/h4-9,14,21H,10-11H2,1-3H3,(H,18,20)/b19-15-. The first-order valence-corrected chi connectivity index (χ1v) is 7.19. The molecule has 1 aliphatic carbocycles.